The maximum absolute atomic E-state index is 12.7. The first-order valence-corrected chi connectivity index (χ1v) is 9.82. The molecule has 1 atom stereocenters. The number of nitrogens with one attached hydrogen (secondary N) is 2. The summed E-state index contributed by atoms with van der Waals surface area (Å²) in [5.41, 5.74) is 0.0482. The molecule has 1 aliphatic rings. The fourth-order valence-corrected chi connectivity index (χ4v) is 3.45. The van der Waals surface area contributed by atoms with Gasteiger partial charge in [0.15, 0.2) is 6.10 Å². The average Bonchev–Trinajstić information content (AvgIpc) is 3.26. The van der Waals surface area contributed by atoms with E-state index in [1.54, 1.807) is 36.6 Å². The maximum atomic E-state index is 12.7. The lowest BCUT2D eigenvalue weighted by molar-refractivity contribution is -0.130. The van der Waals surface area contributed by atoms with Gasteiger partial charge in [-0.25, -0.2) is 4.79 Å². The number of anilines is 1. The molecule has 1 aliphatic carbocycles. The number of amides is 1. The van der Waals surface area contributed by atoms with Crippen molar-refractivity contribution >= 4 is 17.6 Å². The molecule has 0 bridgehead atoms. The summed E-state index contributed by atoms with van der Waals surface area (Å²) in [6.07, 6.45) is 4.68. The molecule has 2 N–H and O–H groups in total. The number of carbonyl (C=O) groups is 2. The van der Waals surface area contributed by atoms with E-state index in [1.165, 1.54) is 6.92 Å². The number of benzene rings is 1. The second-order valence-electron chi connectivity index (χ2n) is 7.27. The number of nitriles is 1. The van der Waals surface area contributed by atoms with Gasteiger partial charge in [-0.2, -0.15) is 5.26 Å². The molecule has 1 fully saturated rings. The first-order valence-electron chi connectivity index (χ1n) is 9.82. The SMILES string of the molecule is CC(OC(=O)c1ccccc1NCc1ccco1)C(=O)NC1(C#N)CCCCC1. The van der Waals surface area contributed by atoms with Gasteiger partial charge >= 0.3 is 5.97 Å². The van der Waals surface area contributed by atoms with Crippen LogP contribution in [0.1, 0.15) is 55.1 Å². The van der Waals surface area contributed by atoms with Crippen LogP contribution in [0.2, 0.25) is 0 Å². The Balaban J connectivity index is 1.62. The predicted octanol–water partition coefficient (Wildman–Crippen LogP) is 3.78. The fraction of sp³-hybridized carbons (Fsp3) is 0.409. The van der Waals surface area contributed by atoms with E-state index in [2.05, 4.69) is 16.7 Å². The van der Waals surface area contributed by atoms with Gasteiger partial charge in [-0.1, -0.05) is 31.4 Å². The van der Waals surface area contributed by atoms with E-state index in [1.807, 2.05) is 6.07 Å². The molecule has 0 saturated heterocycles. The van der Waals surface area contributed by atoms with Crippen molar-refractivity contribution < 1.29 is 18.7 Å². The monoisotopic (exact) mass is 395 g/mol. The van der Waals surface area contributed by atoms with Gasteiger partial charge in [0.2, 0.25) is 0 Å². The quantitative estimate of drug-likeness (QED) is 0.692. The van der Waals surface area contributed by atoms with Crippen LogP contribution in [0.25, 0.3) is 0 Å². The van der Waals surface area contributed by atoms with Crippen LogP contribution in [0.3, 0.4) is 0 Å². The van der Waals surface area contributed by atoms with Crippen molar-refractivity contribution in [3.05, 3.63) is 54.0 Å². The van der Waals surface area contributed by atoms with Crippen LogP contribution in [-0.4, -0.2) is 23.5 Å². The molecular weight excluding hydrogens is 370 g/mol. The van der Waals surface area contributed by atoms with Crippen molar-refractivity contribution in [3.63, 3.8) is 0 Å². The topological polar surface area (TPSA) is 104 Å². The third-order valence-electron chi connectivity index (χ3n) is 5.12. The van der Waals surface area contributed by atoms with Gasteiger partial charge in [0.25, 0.3) is 5.91 Å². The molecule has 1 aromatic heterocycles. The number of para-hydroxylation sites is 1. The normalized spacial score (nSPS) is 16.3. The number of carbonyl (C=O) groups excluding carboxylic acids is 2. The summed E-state index contributed by atoms with van der Waals surface area (Å²) in [5, 5.41) is 15.5. The van der Waals surface area contributed by atoms with E-state index < -0.39 is 23.5 Å². The van der Waals surface area contributed by atoms with Crippen molar-refractivity contribution in [3.8, 4) is 6.07 Å². The predicted molar refractivity (Wildman–Crippen MR) is 107 cm³/mol. The number of hydrogen-bond acceptors (Lipinski definition) is 6. The molecule has 7 heteroatoms. The van der Waals surface area contributed by atoms with E-state index in [0.29, 0.717) is 30.6 Å². The highest BCUT2D eigenvalue weighted by molar-refractivity contribution is 5.97. The van der Waals surface area contributed by atoms with Crippen LogP contribution in [0.5, 0.6) is 0 Å². The molecule has 2 aromatic rings. The molecule has 0 aliphatic heterocycles. The van der Waals surface area contributed by atoms with Crippen LogP contribution in [0.15, 0.2) is 47.1 Å². The molecular formula is C22H25N3O4. The van der Waals surface area contributed by atoms with Crippen LogP contribution in [-0.2, 0) is 16.1 Å². The molecule has 1 saturated carbocycles. The number of esters is 1. The molecule has 7 nitrogen and oxygen atoms in total. The Hall–Kier alpha value is -3.27. The molecule has 1 heterocycles. The van der Waals surface area contributed by atoms with Gasteiger partial charge < -0.3 is 19.8 Å². The summed E-state index contributed by atoms with van der Waals surface area (Å²) < 4.78 is 10.7. The number of nitrogens with zero attached hydrogens (tertiary/aromatic N) is 1. The van der Waals surface area contributed by atoms with Crippen LogP contribution in [0.4, 0.5) is 5.69 Å². The first-order chi connectivity index (χ1) is 14.0. The third-order valence-corrected chi connectivity index (χ3v) is 5.12. The highest BCUT2D eigenvalue weighted by Gasteiger charge is 2.35. The zero-order valence-electron chi connectivity index (χ0n) is 16.4. The van der Waals surface area contributed by atoms with E-state index in [4.69, 9.17) is 9.15 Å². The van der Waals surface area contributed by atoms with Gasteiger partial charge in [-0.3, -0.25) is 4.79 Å². The third kappa shape index (κ3) is 5.17. The van der Waals surface area contributed by atoms with E-state index in [-0.39, 0.29) is 0 Å². The van der Waals surface area contributed by atoms with E-state index >= 15 is 0 Å². The van der Waals surface area contributed by atoms with Gasteiger partial charge in [-0.15, -0.1) is 0 Å². The molecule has 1 amide bonds. The summed E-state index contributed by atoms with van der Waals surface area (Å²) in [6, 6.07) is 12.8. The summed E-state index contributed by atoms with van der Waals surface area (Å²) in [5.74, 6) is -0.331. The van der Waals surface area contributed by atoms with Gasteiger partial charge in [0.1, 0.15) is 11.3 Å². The van der Waals surface area contributed by atoms with Crippen molar-refractivity contribution in [2.24, 2.45) is 0 Å². The molecule has 152 valence electrons. The molecule has 0 radical (unpaired) electrons. The Morgan fingerprint density at radius 1 is 1.21 bits per heavy atom. The Morgan fingerprint density at radius 3 is 2.66 bits per heavy atom. The summed E-state index contributed by atoms with van der Waals surface area (Å²) in [6.45, 7) is 1.93. The van der Waals surface area contributed by atoms with Crippen molar-refractivity contribution in [1.82, 2.24) is 5.32 Å². The molecule has 0 spiro atoms. The summed E-state index contributed by atoms with van der Waals surface area (Å²) in [7, 11) is 0. The van der Waals surface area contributed by atoms with Crippen LogP contribution < -0.4 is 10.6 Å². The molecule has 29 heavy (non-hydrogen) atoms. The number of furan rings is 1. The number of hydrogen-bond donors (Lipinski definition) is 2. The van der Waals surface area contributed by atoms with Gasteiger partial charge in [0, 0.05) is 5.69 Å². The maximum Gasteiger partial charge on any atom is 0.341 e. The first kappa shape index (κ1) is 20.5. The average molecular weight is 395 g/mol. The highest BCUT2D eigenvalue weighted by atomic mass is 16.5. The second kappa shape index (κ2) is 9.28. The number of ether oxygens (including phenoxy) is 1. The van der Waals surface area contributed by atoms with Crippen molar-refractivity contribution in [1.29, 1.82) is 5.26 Å². The van der Waals surface area contributed by atoms with Gasteiger partial charge in [0.05, 0.1) is 24.4 Å². The standard InChI is InChI=1S/C22H25N3O4/c1-16(20(26)25-22(15-23)11-5-2-6-12-22)29-21(27)18-9-3-4-10-19(18)24-14-17-8-7-13-28-17/h3-4,7-10,13,16,24H,2,5-6,11-12,14H2,1H3,(H,25,26). The summed E-state index contributed by atoms with van der Waals surface area (Å²) in [4.78, 5) is 25.2. The lowest BCUT2D eigenvalue weighted by Crippen LogP contribution is -2.52. The Morgan fingerprint density at radius 2 is 1.97 bits per heavy atom. The molecule has 1 unspecified atom stereocenters. The van der Waals surface area contributed by atoms with Crippen LogP contribution in [0, 0.1) is 11.3 Å². The number of rotatable bonds is 7. The fourth-order valence-electron chi connectivity index (χ4n) is 3.45. The molecule has 3 rings (SSSR count). The lowest BCUT2D eigenvalue weighted by Gasteiger charge is -2.32. The summed E-state index contributed by atoms with van der Waals surface area (Å²) >= 11 is 0. The minimum absolute atomic E-state index is 0.325. The second-order valence-corrected chi connectivity index (χ2v) is 7.27. The highest BCUT2D eigenvalue weighted by Crippen LogP contribution is 2.27. The zero-order valence-corrected chi connectivity index (χ0v) is 16.4. The Bertz CT molecular complexity index is 880. The minimum atomic E-state index is -1.01. The van der Waals surface area contributed by atoms with Crippen molar-refractivity contribution in [2.75, 3.05) is 5.32 Å². The van der Waals surface area contributed by atoms with Crippen molar-refractivity contribution in [2.45, 2.75) is 57.2 Å². The largest absolute Gasteiger partial charge is 0.467 e. The smallest absolute Gasteiger partial charge is 0.341 e. The van der Waals surface area contributed by atoms with E-state index in [0.717, 1.165) is 25.0 Å². The zero-order chi connectivity index (χ0) is 20.7. The Kier molecular flexibility index (Phi) is 6.55. The van der Waals surface area contributed by atoms with E-state index in [9.17, 15) is 14.9 Å². The minimum Gasteiger partial charge on any atom is -0.467 e. The molecule has 1 aromatic carbocycles. The lowest BCUT2D eigenvalue weighted by atomic mass is 9.83. The van der Waals surface area contributed by atoms with Crippen LogP contribution >= 0.6 is 0 Å². The Labute approximate surface area is 170 Å². The van der Waals surface area contributed by atoms with Gasteiger partial charge in [-0.05, 0) is 44.0 Å².